The van der Waals surface area contributed by atoms with Crippen LogP contribution in [-0.4, -0.2) is 80.9 Å². The fraction of sp³-hybridized carbons (Fsp3) is 0.944. The van der Waals surface area contributed by atoms with Crippen molar-refractivity contribution >= 4 is 40.0 Å². The Morgan fingerprint density at radius 1 is 1.07 bits per heavy atom. The van der Waals surface area contributed by atoms with Gasteiger partial charge in [0.05, 0.1) is 0 Å². The highest BCUT2D eigenvalue weighted by atomic mass is 127. The molecule has 0 unspecified atom stereocenters. The van der Waals surface area contributed by atoms with Gasteiger partial charge >= 0.3 is 15.5 Å². The lowest BCUT2D eigenvalue weighted by atomic mass is 9.98. The Labute approximate surface area is 195 Å². The summed E-state index contributed by atoms with van der Waals surface area (Å²) in [4.78, 5) is 7.08. The number of nitrogens with one attached hydrogen (secondary N) is 2. The van der Waals surface area contributed by atoms with Gasteiger partial charge in [-0.1, -0.05) is 6.92 Å². The van der Waals surface area contributed by atoms with Gasteiger partial charge in [-0.05, 0) is 51.5 Å². The first-order chi connectivity index (χ1) is 13.7. The van der Waals surface area contributed by atoms with Crippen molar-refractivity contribution in [3.05, 3.63) is 0 Å². The minimum absolute atomic E-state index is 0. The molecule has 2 N–H and O–H groups in total. The first kappa shape index (κ1) is 27.7. The second-order valence-corrected chi connectivity index (χ2v) is 9.70. The van der Waals surface area contributed by atoms with Gasteiger partial charge in [0.25, 0.3) is 0 Å². The van der Waals surface area contributed by atoms with E-state index in [1.165, 1.54) is 0 Å². The minimum atomic E-state index is -5.23. The molecule has 2 aliphatic rings. The minimum Gasteiger partial charge on any atom is -0.357 e. The third kappa shape index (κ3) is 7.97. The van der Waals surface area contributed by atoms with Crippen molar-refractivity contribution in [2.75, 3.05) is 45.8 Å². The summed E-state index contributed by atoms with van der Waals surface area (Å²) in [5.41, 5.74) is -5.23. The van der Waals surface area contributed by atoms with Crippen LogP contribution < -0.4 is 10.6 Å². The van der Waals surface area contributed by atoms with E-state index in [-0.39, 0.29) is 43.0 Å². The Morgan fingerprint density at radius 3 is 2.17 bits per heavy atom. The molecule has 7 nitrogen and oxygen atoms in total. The van der Waals surface area contributed by atoms with E-state index in [0.717, 1.165) is 51.4 Å². The van der Waals surface area contributed by atoms with Crippen molar-refractivity contribution in [3.63, 3.8) is 0 Å². The van der Waals surface area contributed by atoms with Gasteiger partial charge < -0.3 is 15.5 Å². The average Bonchev–Trinajstić information content (AvgIpc) is 2.67. The maximum atomic E-state index is 12.7. The quantitative estimate of drug-likeness (QED) is 0.280. The first-order valence-electron chi connectivity index (χ1n) is 10.5. The van der Waals surface area contributed by atoms with Gasteiger partial charge in [-0.15, -0.1) is 24.0 Å². The molecular formula is C18H35F3IN5O2S. The molecule has 30 heavy (non-hydrogen) atoms. The highest BCUT2D eigenvalue weighted by Gasteiger charge is 2.50. The van der Waals surface area contributed by atoms with E-state index >= 15 is 0 Å². The Morgan fingerprint density at radius 2 is 1.67 bits per heavy atom. The summed E-state index contributed by atoms with van der Waals surface area (Å²) in [7, 11) is -5.22. The van der Waals surface area contributed by atoms with Crippen LogP contribution in [-0.2, 0) is 10.0 Å². The number of hydrogen-bond acceptors (Lipinski definition) is 4. The van der Waals surface area contributed by atoms with Crippen molar-refractivity contribution in [1.29, 1.82) is 0 Å². The van der Waals surface area contributed by atoms with Crippen LogP contribution in [0.1, 0.15) is 46.0 Å². The van der Waals surface area contributed by atoms with Crippen LogP contribution in [0.2, 0.25) is 0 Å². The molecule has 2 fully saturated rings. The molecule has 2 heterocycles. The van der Waals surface area contributed by atoms with E-state index in [9.17, 15) is 21.6 Å². The average molecular weight is 569 g/mol. The van der Waals surface area contributed by atoms with E-state index in [0.29, 0.717) is 29.7 Å². The van der Waals surface area contributed by atoms with E-state index in [1.807, 2.05) is 6.92 Å². The number of sulfonamides is 1. The van der Waals surface area contributed by atoms with Gasteiger partial charge in [0.15, 0.2) is 5.96 Å². The summed E-state index contributed by atoms with van der Waals surface area (Å²) in [6.07, 6.45) is 4.03. The number of piperidine rings is 2. The topological polar surface area (TPSA) is 77.0 Å². The second-order valence-electron chi connectivity index (χ2n) is 7.77. The maximum Gasteiger partial charge on any atom is 0.511 e. The van der Waals surface area contributed by atoms with Gasteiger partial charge in [-0.25, -0.2) is 8.42 Å². The van der Waals surface area contributed by atoms with Gasteiger partial charge in [0.2, 0.25) is 0 Å². The summed E-state index contributed by atoms with van der Waals surface area (Å²) < 4.78 is 61.6. The largest absolute Gasteiger partial charge is 0.511 e. The smallest absolute Gasteiger partial charge is 0.357 e. The zero-order valence-corrected chi connectivity index (χ0v) is 20.9. The molecule has 2 saturated heterocycles. The molecule has 178 valence electrons. The zero-order chi connectivity index (χ0) is 21.5. The van der Waals surface area contributed by atoms with Crippen molar-refractivity contribution in [2.45, 2.75) is 57.5 Å². The number of alkyl halides is 3. The van der Waals surface area contributed by atoms with Gasteiger partial charge in [0.1, 0.15) is 0 Å². The summed E-state index contributed by atoms with van der Waals surface area (Å²) in [5.74, 6) is 0.809. The lowest BCUT2D eigenvalue weighted by molar-refractivity contribution is -0.0496. The SMILES string of the molecule is CCCN1CCC(NC(=NCC2CCN(S(=O)(=O)C(F)(F)F)CC2)NCC)CC1.I. The molecule has 0 spiro atoms. The van der Waals surface area contributed by atoms with Crippen LogP contribution in [0.5, 0.6) is 0 Å². The van der Waals surface area contributed by atoms with Gasteiger partial charge in [-0.3, -0.25) is 4.99 Å². The number of rotatable bonds is 7. The summed E-state index contributed by atoms with van der Waals surface area (Å²) in [6.45, 7) is 8.42. The van der Waals surface area contributed by atoms with E-state index in [1.54, 1.807) is 0 Å². The number of hydrogen-bond donors (Lipinski definition) is 2. The standard InChI is InChI=1S/C18H34F3N5O2S.HI/c1-3-9-25-10-7-16(8-11-25)24-17(22-4-2)23-14-15-5-12-26(13-6-15)29(27,28)18(19,20)21;/h15-16H,3-14H2,1-2H3,(H2,22,23,24);1H. The molecule has 2 aliphatic heterocycles. The molecule has 0 amide bonds. The number of halogens is 4. The number of guanidine groups is 1. The molecule has 2 rings (SSSR count). The van der Waals surface area contributed by atoms with E-state index in [4.69, 9.17) is 0 Å². The zero-order valence-electron chi connectivity index (χ0n) is 17.7. The van der Waals surface area contributed by atoms with Crippen molar-refractivity contribution in [2.24, 2.45) is 10.9 Å². The molecule has 0 aromatic heterocycles. The molecule has 0 aliphatic carbocycles. The Balaban J connectivity index is 0.00000450. The highest BCUT2D eigenvalue weighted by Crippen LogP contribution is 2.30. The van der Waals surface area contributed by atoms with Crippen LogP contribution in [0.3, 0.4) is 0 Å². The van der Waals surface area contributed by atoms with Crippen LogP contribution in [0.15, 0.2) is 4.99 Å². The van der Waals surface area contributed by atoms with Gasteiger partial charge in [0, 0.05) is 45.3 Å². The van der Waals surface area contributed by atoms with Crippen molar-refractivity contribution in [3.8, 4) is 0 Å². The molecular weight excluding hydrogens is 534 g/mol. The number of likely N-dealkylation sites (tertiary alicyclic amines) is 1. The molecule has 0 radical (unpaired) electrons. The lowest BCUT2D eigenvalue weighted by Gasteiger charge is -2.33. The molecule has 0 saturated carbocycles. The Bertz CT molecular complexity index is 632. The van der Waals surface area contributed by atoms with E-state index in [2.05, 4.69) is 27.4 Å². The van der Waals surface area contributed by atoms with Crippen LogP contribution >= 0.6 is 24.0 Å². The third-order valence-corrected chi connectivity index (χ3v) is 7.16. The summed E-state index contributed by atoms with van der Waals surface area (Å²) >= 11 is 0. The van der Waals surface area contributed by atoms with Crippen molar-refractivity contribution in [1.82, 2.24) is 19.8 Å². The fourth-order valence-corrected chi connectivity index (χ4v) is 4.81. The van der Waals surface area contributed by atoms with Crippen LogP contribution in [0, 0.1) is 5.92 Å². The fourth-order valence-electron chi connectivity index (χ4n) is 3.83. The third-order valence-electron chi connectivity index (χ3n) is 5.53. The van der Waals surface area contributed by atoms with E-state index < -0.39 is 15.5 Å². The van der Waals surface area contributed by atoms with Gasteiger partial charge in [-0.2, -0.15) is 17.5 Å². The molecule has 0 aromatic carbocycles. The molecule has 0 atom stereocenters. The summed E-state index contributed by atoms with van der Waals surface area (Å²) in [6, 6.07) is 0.361. The predicted octanol–water partition coefficient (Wildman–Crippen LogP) is 2.60. The normalized spacial score (nSPS) is 21.3. The number of aliphatic imine (C=N–C) groups is 1. The first-order valence-corrected chi connectivity index (χ1v) is 11.9. The second kappa shape index (κ2) is 12.6. The maximum absolute atomic E-state index is 12.7. The molecule has 12 heteroatoms. The number of nitrogens with zero attached hydrogens (tertiary/aromatic N) is 3. The molecule has 0 aromatic rings. The van der Waals surface area contributed by atoms with Crippen molar-refractivity contribution < 1.29 is 21.6 Å². The van der Waals surface area contributed by atoms with Crippen LogP contribution in [0.25, 0.3) is 0 Å². The summed E-state index contributed by atoms with van der Waals surface area (Å²) in [5, 5.41) is 6.70. The predicted molar refractivity (Wildman–Crippen MR) is 124 cm³/mol. The lowest BCUT2D eigenvalue weighted by Crippen LogP contribution is -2.49. The van der Waals surface area contributed by atoms with Crippen LogP contribution in [0.4, 0.5) is 13.2 Å². The Hall–Kier alpha value is -0.340. The Kier molecular flexibility index (Phi) is 11.7. The monoisotopic (exact) mass is 569 g/mol. The highest BCUT2D eigenvalue weighted by molar-refractivity contribution is 14.0. The molecule has 0 bridgehead atoms.